The van der Waals surface area contributed by atoms with Crippen molar-refractivity contribution in [2.24, 2.45) is 0 Å². The quantitative estimate of drug-likeness (QED) is 0.595. The molecule has 0 aliphatic carbocycles. The van der Waals surface area contributed by atoms with Gasteiger partial charge in [-0.05, 0) is 27.4 Å². The van der Waals surface area contributed by atoms with Crippen LogP contribution < -0.4 is 10.5 Å². The Morgan fingerprint density at radius 2 is 1.62 bits per heavy atom. The molecule has 1 heterocycles. The molecule has 1 aliphatic rings. The summed E-state index contributed by atoms with van der Waals surface area (Å²) in [5.41, 5.74) is 1.27. The average molecular weight is 205 g/mol. The van der Waals surface area contributed by atoms with Crippen LogP contribution in [0.1, 0.15) is 0 Å². The maximum absolute atomic E-state index is 3.44. The van der Waals surface area contributed by atoms with Crippen molar-refractivity contribution >= 4 is 33.3 Å². The lowest BCUT2D eigenvalue weighted by Crippen LogP contribution is -2.14. The van der Waals surface area contributed by atoms with E-state index in [2.05, 4.69) is 53.9 Å². The van der Waals surface area contributed by atoms with Crippen molar-refractivity contribution in [3.8, 4) is 0 Å². The van der Waals surface area contributed by atoms with Crippen LogP contribution in [-0.2, 0) is 0 Å². The molecule has 4 rings (SSSR count). The maximum Gasteiger partial charge on any atom is 0.0428 e. The van der Waals surface area contributed by atoms with Gasteiger partial charge in [-0.25, -0.2) is 0 Å². The van der Waals surface area contributed by atoms with Gasteiger partial charge in [-0.3, -0.25) is 0 Å². The van der Waals surface area contributed by atoms with Crippen molar-refractivity contribution in [1.29, 1.82) is 0 Å². The first-order valence-corrected chi connectivity index (χ1v) is 5.62. The van der Waals surface area contributed by atoms with E-state index in [1.165, 1.54) is 32.5 Å². The van der Waals surface area contributed by atoms with Gasteiger partial charge in [0.05, 0.1) is 0 Å². The predicted octanol–water partition coefficient (Wildman–Crippen LogP) is 2.92. The van der Waals surface area contributed by atoms with E-state index in [9.17, 15) is 0 Å². The molecule has 0 bridgehead atoms. The number of hydrogen-bond acceptors (Lipinski definition) is 1. The minimum atomic E-state index is 0.931. The first kappa shape index (κ1) is 8.17. The molecule has 1 heteroatoms. The Bertz CT molecular complexity index is 740. The Labute approximate surface area is 93.4 Å². The van der Waals surface area contributed by atoms with Gasteiger partial charge in [0.15, 0.2) is 0 Å². The second-order valence-corrected chi connectivity index (χ2v) is 4.31. The first-order chi connectivity index (χ1) is 7.93. The lowest BCUT2D eigenvalue weighted by atomic mass is 9.96. The summed E-state index contributed by atoms with van der Waals surface area (Å²) in [7, 11) is 0. The fraction of sp³-hybridized carbons (Fsp3) is 0.0667. The van der Waals surface area contributed by atoms with Crippen molar-refractivity contribution in [3.05, 3.63) is 47.7 Å². The zero-order chi connectivity index (χ0) is 10.5. The third kappa shape index (κ3) is 0.904. The van der Waals surface area contributed by atoms with Crippen LogP contribution in [0.5, 0.6) is 0 Å². The average Bonchev–Trinajstić information content (AvgIpc) is 2.36. The molecule has 16 heavy (non-hydrogen) atoms. The van der Waals surface area contributed by atoms with E-state index in [0.717, 1.165) is 6.54 Å². The molecule has 1 nitrogen and oxygen atoms in total. The SMILES string of the molecule is C1=c2ccc3cccc4ccc(c2c43)NC1. The number of rotatable bonds is 0. The number of benzene rings is 3. The van der Waals surface area contributed by atoms with E-state index in [4.69, 9.17) is 0 Å². The van der Waals surface area contributed by atoms with E-state index in [1.54, 1.807) is 0 Å². The third-order valence-corrected chi connectivity index (χ3v) is 3.42. The molecule has 0 saturated carbocycles. The maximum atomic E-state index is 3.44. The third-order valence-electron chi connectivity index (χ3n) is 3.42. The number of hydrogen-bond donors (Lipinski definition) is 1. The molecule has 1 N–H and O–H groups in total. The largest absolute Gasteiger partial charge is 0.381 e. The molecule has 0 radical (unpaired) electrons. The van der Waals surface area contributed by atoms with Gasteiger partial charge in [0.2, 0.25) is 0 Å². The minimum Gasteiger partial charge on any atom is -0.381 e. The van der Waals surface area contributed by atoms with Crippen LogP contribution in [0, 0.1) is 0 Å². The molecule has 0 aromatic heterocycles. The molecule has 0 amide bonds. The summed E-state index contributed by atoms with van der Waals surface area (Å²) in [4.78, 5) is 0. The van der Waals surface area contributed by atoms with Crippen LogP contribution in [0.25, 0.3) is 27.6 Å². The summed E-state index contributed by atoms with van der Waals surface area (Å²) in [6.07, 6.45) is 2.26. The summed E-state index contributed by atoms with van der Waals surface area (Å²) in [5.74, 6) is 0. The van der Waals surface area contributed by atoms with E-state index in [-0.39, 0.29) is 0 Å². The van der Waals surface area contributed by atoms with Crippen molar-refractivity contribution in [1.82, 2.24) is 0 Å². The minimum absolute atomic E-state index is 0.931. The summed E-state index contributed by atoms with van der Waals surface area (Å²) < 4.78 is 0. The Balaban J connectivity index is 2.45. The van der Waals surface area contributed by atoms with Crippen molar-refractivity contribution in [2.45, 2.75) is 0 Å². The highest BCUT2D eigenvalue weighted by Gasteiger charge is 2.09. The van der Waals surface area contributed by atoms with Crippen LogP contribution in [0.4, 0.5) is 5.69 Å². The highest BCUT2D eigenvalue weighted by molar-refractivity contribution is 6.15. The zero-order valence-electron chi connectivity index (χ0n) is 8.83. The molecule has 0 fully saturated rings. The highest BCUT2D eigenvalue weighted by Crippen LogP contribution is 2.30. The summed E-state index contributed by atoms with van der Waals surface area (Å²) in [6, 6.07) is 15.3. The number of nitrogens with one attached hydrogen (secondary N) is 1. The number of anilines is 1. The van der Waals surface area contributed by atoms with Crippen LogP contribution >= 0.6 is 0 Å². The topological polar surface area (TPSA) is 12.0 Å². The van der Waals surface area contributed by atoms with Gasteiger partial charge in [-0.1, -0.05) is 42.5 Å². The van der Waals surface area contributed by atoms with Crippen LogP contribution in [-0.4, -0.2) is 6.54 Å². The molecule has 0 unspecified atom stereocenters. The summed E-state index contributed by atoms with van der Waals surface area (Å²) >= 11 is 0. The summed E-state index contributed by atoms with van der Waals surface area (Å²) in [5, 5.41) is 10.2. The Morgan fingerprint density at radius 1 is 0.812 bits per heavy atom. The summed E-state index contributed by atoms with van der Waals surface area (Å²) in [6.45, 7) is 0.931. The van der Waals surface area contributed by atoms with Gasteiger partial charge < -0.3 is 5.32 Å². The van der Waals surface area contributed by atoms with Gasteiger partial charge in [-0.15, -0.1) is 0 Å². The van der Waals surface area contributed by atoms with Crippen molar-refractivity contribution < 1.29 is 0 Å². The highest BCUT2D eigenvalue weighted by atomic mass is 14.9. The zero-order valence-corrected chi connectivity index (χ0v) is 8.83. The Kier molecular flexibility index (Phi) is 1.41. The monoisotopic (exact) mass is 205 g/mol. The standard InChI is InChI=1S/C15H11N/c1-2-10-4-5-12-8-9-16-13-7-6-11(3-1)14(10)15(12)13/h1-8,16H,9H2. The Morgan fingerprint density at radius 3 is 2.50 bits per heavy atom. The molecule has 0 saturated heterocycles. The second-order valence-electron chi connectivity index (χ2n) is 4.31. The smallest absolute Gasteiger partial charge is 0.0428 e. The van der Waals surface area contributed by atoms with E-state index >= 15 is 0 Å². The van der Waals surface area contributed by atoms with Gasteiger partial charge in [-0.2, -0.15) is 0 Å². The molecule has 3 aromatic carbocycles. The fourth-order valence-electron chi connectivity index (χ4n) is 2.70. The lowest BCUT2D eigenvalue weighted by Gasteiger charge is -2.16. The van der Waals surface area contributed by atoms with Crippen LogP contribution in [0.2, 0.25) is 0 Å². The lowest BCUT2D eigenvalue weighted by molar-refractivity contribution is 1.38. The van der Waals surface area contributed by atoms with Crippen molar-refractivity contribution in [2.75, 3.05) is 11.9 Å². The predicted molar refractivity (Wildman–Crippen MR) is 69.6 cm³/mol. The molecule has 0 spiro atoms. The Hall–Kier alpha value is -2.02. The molecular formula is C15H11N. The van der Waals surface area contributed by atoms with E-state index in [1.807, 2.05) is 0 Å². The van der Waals surface area contributed by atoms with Crippen LogP contribution in [0.3, 0.4) is 0 Å². The van der Waals surface area contributed by atoms with Gasteiger partial charge in [0.1, 0.15) is 0 Å². The van der Waals surface area contributed by atoms with E-state index in [0.29, 0.717) is 0 Å². The van der Waals surface area contributed by atoms with Gasteiger partial charge >= 0.3 is 0 Å². The molecule has 0 atom stereocenters. The van der Waals surface area contributed by atoms with E-state index < -0.39 is 0 Å². The molecular weight excluding hydrogens is 194 g/mol. The molecule has 1 aliphatic heterocycles. The first-order valence-electron chi connectivity index (χ1n) is 5.62. The molecule has 3 aromatic rings. The van der Waals surface area contributed by atoms with Crippen LogP contribution in [0.15, 0.2) is 42.5 Å². The fourth-order valence-corrected chi connectivity index (χ4v) is 2.70. The van der Waals surface area contributed by atoms with Gasteiger partial charge in [0, 0.05) is 17.6 Å². The van der Waals surface area contributed by atoms with Gasteiger partial charge in [0.25, 0.3) is 0 Å². The second kappa shape index (κ2) is 2.76. The normalized spacial score (nSPS) is 13.8. The molecule has 76 valence electrons. The van der Waals surface area contributed by atoms with Crippen molar-refractivity contribution in [3.63, 3.8) is 0 Å².